The van der Waals surface area contributed by atoms with Crippen LogP contribution in [0.25, 0.3) is 10.9 Å². The Hall–Kier alpha value is -4.34. The summed E-state index contributed by atoms with van der Waals surface area (Å²) in [4.78, 5) is 27.8. The zero-order chi connectivity index (χ0) is 30.8. The highest BCUT2D eigenvalue weighted by Gasteiger charge is 2.30. The van der Waals surface area contributed by atoms with E-state index in [1.54, 1.807) is 24.3 Å². The molecular formula is C34H35F3N4O3. The SMILES string of the molecule is Cc1c(C(=O)NCC2CCC2)ccc2nn(CC3CCN(C(=O)c4ccc(Oc5ccc(C(F)(F)F)cc5)cc4)CC3)cc12. The van der Waals surface area contributed by atoms with Crippen molar-refractivity contribution in [1.29, 1.82) is 0 Å². The number of likely N-dealkylation sites (tertiary alicyclic amines) is 1. The van der Waals surface area contributed by atoms with Gasteiger partial charge in [0, 0.05) is 48.9 Å². The van der Waals surface area contributed by atoms with Crippen LogP contribution in [0.4, 0.5) is 13.2 Å². The number of rotatable bonds is 8. The van der Waals surface area contributed by atoms with Crippen LogP contribution in [0.3, 0.4) is 0 Å². The summed E-state index contributed by atoms with van der Waals surface area (Å²) in [5.41, 5.74) is 2.30. The number of alkyl halides is 3. The van der Waals surface area contributed by atoms with E-state index < -0.39 is 11.7 Å². The smallest absolute Gasteiger partial charge is 0.416 e. The summed E-state index contributed by atoms with van der Waals surface area (Å²) < 4.78 is 46.0. The molecule has 2 fully saturated rings. The van der Waals surface area contributed by atoms with Crippen LogP contribution in [0, 0.1) is 18.8 Å². The normalized spacial score (nSPS) is 16.1. The highest BCUT2D eigenvalue weighted by Crippen LogP contribution is 2.32. The molecule has 0 radical (unpaired) electrons. The molecule has 2 amide bonds. The fourth-order valence-electron chi connectivity index (χ4n) is 5.93. The number of amides is 2. The number of nitrogens with one attached hydrogen (secondary N) is 1. The Labute approximate surface area is 254 Å². The van der Waals surface area contributed by atoms with E-state index in [1.807, 2.05) is 34.8 Å². The van der Waals surface area contributed by atoms with Gasteiger partial charge in [-0.1, -0.05) is 6.42 Å². The third-order valence-electron chi connectivity index (χ3n) is 8.89. The van der Waals surface area contributed by atoms with Crippen molar-refractivity contribution in [3.05, 3.63) is 89.1 Å². The Morgan fingerprint density at radius 2 is 1.57 bits per heavy atom. The van der Waals surface area contributed by atoms with Crippen molar-refractivity contribution in [3.63, 3.8) is 0 Å². The number of aryl methyl sites for hydroxylation is 1. The number of fused-ring (bicyclic) bond motifs is 1. The van der Waals surface area contributed by atoms with Crippen molar-refractivity contribution in [2.75, 3.05) is 19.6 Å². The Balaban J connectivity index is 1.01. The molecule has 230 valence electrons. The van der Waals surface area contributed by atoms with Crippen molar-refractivity contribution in [2.45, 2.75) is 51.7 Å². The zero-order valence-electron chi connectivity index (χ0n) is 24.6. The molecule has 7 nitrogen and oxygen atoms in total. The molecule has 0 unspecified atom stereocenters. The van der Waals surface area contributed by atoms with Gasteiger partial charge in [0.2, 0.25) is 0 Å². The van der Waals surface area contributed by atoms with Gasteiger partial charge in [-0.15, -0.1) is 0 Å². The summed E-state index contributed by atoms with van der Waals surface area (Å²) in [7, 11) is 0. The fourth-order valence-corrected chi connectivity index (χ4v) is 5.93. The summed E-state index contributed by atoms with van der Waals surface area (Å²) in [6.07, 6.45) is 2.97. The molecular weight excluding hydrogens is 569 g/mol. The first-order valence-electron chi connectivity index (χ1n) is 15.1. The van der Waals surface area contributed by atoms with Gasteiger partial charge < -0.3 is 15.0 Å². The highest BCUT2D eigenvalue weighted by molar-refractivity contribution is 6.00. The predicted molar refractivity (Wildman–Crippen MR) is 161 cm³/mol. The van der Waals surface area contributed by atoms with E-state index >= 15 is 0 Å². The number of benzene rings is 3. The predicted octanol–water partition coefficient (Wildman–Crippen LogP) is 7.24. The summed E-state index contributed by atoms with van der Waals surface area (Å²) in [6.45, 7) is 4.73. The van der Waals surface area contributed by atoms with E-state index in [0.717, 1.165) is 54.5 Å². The van der Waals surface area contributed by atoms with Gasteiger partial charge >= 0.3 is 6.18 Å². The van der Waals surface area contributed by atoms with Crippen molar-refractivity contribution in [3.8, 4) is 11.5 Å². The number of ether oxygens (including phenoxy) is 1. The number of nitrogens with zero attached hydrogens (tertiary/aromatic N) is 3. The number of hydrogen-bond acceptors (Lipinski definition) is 4. The number of piperidine rings is 1. The van der Waals surface area contributed by atoms with Crippen LogP contribution in [0.1, 0.15) is 63.9 Å². The fraction of sp³-hybridized carbons (Fsp3) is 0.382. The Morgan fingerprint density at radius 1 is 0.909 bits per heavy atom. The molecule has 44 heavy (non-hydrogen) atoms. The molecule has 4 aromatic rings. The van der Waals surface area contributed by atoms with Gasteiger partial charge in [-0.05, 0) is 111 Å². The Kier molecular flexibility index (Phi) is 8.33. The van der Waals surface area contributed by atoms with Gasteiger partial charge in [-0.3, -0.25) is 14.3 Å². The Bertz CT molecular complexity index is 1640. The molecule has 6 rings (SSSR count). The lowest BCUT2D eigenvalue weighted by atomic mass is 9.85. The largest absolute Gasteiger partial charge is 0.457 e. The highest BCUT2D eigenvalue weighted by atomic mass is 19.4. The van der Waals surface area contributed by atoms with Crippen LogP contribution in [0.5, 0.6) is 11.5 Å². The topological polar surface area (TPSA) is 76.5 Å². The van der Waals surface area contributed by atoms with E-state index in [0.29, 0.717) is 41.8 Å². The van der Waals surface area contributed by atoms with Gasteiger partial charge in [-0.25, -0.2) is 0 Å². The average molecular weight is 605 g/mol. The molecule has 1 aromatic heterocycles. The second-order valence-electron chi connectivity index (χ2n) is 11.9. The molecule has 1 aliphatic carbocycles. The molecule has 1 saturated heterocycles. The van der Waals surface area contributed by atoms with E-state index in [1.165, 1.54) is 31.4 Å². The lowest BCUT2D eigenvalue weighted by molar-refractivity contribution is -0.137. The minimum absolute atomic E-state index is 0.0256. The van der Waals surface area contributed by atoms with Crippen LogP contribution < -0.4 is 10.1 Å². The molecule has 0 spiro atoms. The van der Waals surface area contributed by atoms with E-state index in [9.17, 15) is 22.8 Å². The van der Waals surface area contributed by atoms with Gasteiger partial charge in [0.1, 0.15) is 11.5 Å². The first-order valence-corrected chi connectivity index (χ1v) is 15.1. The van der Waals surface area contributed by atoms with Crippen LogP contribution in [0.2, 0.25) is 0 Å². The molecule has 1 aliphatic heterocycles. The molecule has 0 atom stereocenters. The van der Waals surface area contributed by atoms with Crippen LogP contribution in [-0.2, 0) is 12.7 Å². The van der Waals surface area contributed by atoms with Gasteiger partial charge in [0.15, 0.2) is 0 Å². The molecule has 1 N–H and O–H groups in total. The number of hydrogen-bond donors (Lipinski definition) is 1. The van der Waals surface area contributed by atoms with Crippen molar-refractivity contribution < 1.29 is 27.5 Å². The maximum Gasteiger partial charge on any atom is 0.416 e. The van der Waals surface area contributed by atoms with E-state index in [2.05, 4.69) is 5.32 Å². The maximum atomic E-state index is 13.1. The Morgan fingerprint density at radius 3 is 2.18 bits per heavy atom. The van der Waals surface area contributed by atoms with Crippen LogP contribution in [-0.4, -0.2) is 46.1 Å². The van der Waals surface area contributed by atoms with Crippen molar-refractivity contribution in [2.24, 2.45) is 11.8 Å². The second kappa shape index (κ2) is 12.3. The summed E-state index contributed by atoms with van der Waals surface area (Å²) >= 11 is 0. The van der Waals surface area contributed by atoms with Crippen molar-refractivity contribution >= 4 is 22.7 Å². The molecule has 3 aromatic carbocycles. The van der Waals surface area contributed by atoms with Crippen LogP contribution in [0.15, 0.2) is 66.9 Å². The molecule has 0 bridgehead atoms. The van der Waals surface area contributed by atoms with Gasteiger partial charge in [0.25, 0.3) is 11.8 Å². The molecule has 1 saturated carbocycles. The summed E-state index contributed by atoms with van der Waals surface area (Å²) in [5, 5.41) is 8.83. The average Bonchev–Trinajstić information content (AvgIpc) is 3.40. The second-order valence-corrected chi connectivity index (χ2v) is 11.9. The third-order valence-corrected chi connectivity index (χ3v) is 8.89. The van der Waals surface area contributed by atoms with Crippen molar-refractivity contribution in [1.82, 2.24) is 20.0 Å². The number of aromatic nitrogens is 2. The van der Waals surface area contributed by atoms with E-state index in [-0.39, 0.29) is 17.6 Å². The van der Waals surface area contributed by atoms with Gasteiger partial charge in [-0.2, -0.15) is 18.3 Å². The number of halogens is 3. The monoisotopic (exact) mass is 604 g/mol. The number of carbonyl (C=O) groups is 2. The standard InChI is InChI=1S/C34H35F3N4O3/c1-22-29(32(42)38-19-23-3-2-4-23)13-14-31-30(22)21-41(39-31)20-24-15-17-40(18-16-24)33(43)25-5-9-27(10-6-25)44-28-11-7-26(8-12-28)34(35,36)37/h5-14,21,23-24H,2-4,15-20H2,1H3,(H,38,42). The maximum absolute atomic E-state index is 13.1. The first-order chi connectivity index (χ1) is 21.1. The minimum Gasteiger partial charge on any atom is -0.457 e. The van der Waals surface area contributed by atoms with E-state index in [4.69, 9.17) is 9.84 Å². The van der Waals surface area contributed by atoms with Crippen LogP contribution >= 0.6 is 0 Å². The molecule has 2 heterocycles. The lowest BCUT2D eigenvalue weighted by Gasteiger charge is -2.32. The lowest BCUT2D eigenvalue weighted by Crippen LogP contribution is -2.39. The summed E-state index contributed by atoms with van der Waals surface area (Å²) in [6, 6.07) is 14.9. The number of carbonyl (C=O) groups excluding carboxylic acids is 2. The quantitative estimate of drug-likeness (QED) is 0.230. The minimum atomic E-state index is -4.40. The first kappa shape index (κ1) is 29.7. The van der Waals surface area contributed by atoms with Gasteiger partial charge in [0.05, 0.1) is 11.1 Å². The molecule has 2 aliphatic rings. The molecule has 10 heteroatoms. The third kappa shape index (κ3) is 6.59. The summed E-state index contributed by atoms with van der Waals surface area (Å²) in [5.74, 6) is 1.61. The zero-order valence-corrected chi connectivity index (χ0v) is 24.6.